The molecule has 0 radical (unpaired) electrons. The Morgan fingerprint density at radius 1 is 0.852 bits per heavy atom. The van der Waals surface area contributed by atoms with E-state index in [1.165, 1.54) is 7.11 Å². The van der Waals surface area contributed by atoms with Crippen LogP contribution in [0.25, 0.3) is 11.3 Å². The number of hydrogen-bond donors (Lipinski definition) is 2. The molecule has 15 nitrogen and oxygen atoms in total. The summed E-state index contributed by atoms with van der Waals surface area (Å²) in [6, 6.07) is 17.5. The Kier molecular flexibility index (Phi) is 28.5. The van der Waals surface area contributed by atoms with Crippen LogP contribution >= 0.6 is 8.60 Å². The lowest BCUT2D eigenvalue weighted by atomic mass is 10.0. The SMILES string of the molecule is CNCCOCCC(=O)C(C)C.COOP(OCCCCCCNC(=O)CCCCCn1nnc(C)c1-c1ccccc1CN(C(=O)CCC=O)c1ccccc1)OC(C)C. The lowest BCUT2D eigenvalue weighted by Gasteiger charge is -2.24. The van der Waals surface area contributed by atoms with Crippen LogP contribution in [0.3, 0.4) is 0 Å². The maximum atomic E-state index is 13.2. The number of ether oxygens (including phenoxy) is 1. The van der Waals surface area contributed by atoms with E-state index in [0.717, 1.165) is 86.0 Å². The normalized spacial score (nSPS) is 11.6. The van der Waals surface area contributed by atoms with Crippen molar-refractivity contribution in [2.75, 3.05) is 52.0 Å². The van der Waals surface area contributed by atoms with Crippen molar-refractivity contribution >= 4 is 38.2 Å². The molecule has 1 unspecified atom stereocenters. The molecule has 0 saturated carbocycles. The van der Waals surface area contributed by atoms with Gasteiger partial charge in [0.05, 0.1) is 51.0 Å². The zero-order valence-electron chi connectivity index (χ0n) is 37.6. The Morgan fingerprint density at radius 3 is 2.28 bits per heavy atom. The number of para-hydroxylation sites is 1. The van der Waals surface area contributed by atoms with Gasteiger partial charge >= 0.3 is 8.60 Å². The predicted octanol–water partition coefficient (Wildman–Crippen LogP) is 8.09. The van der Waals surface area contributed by atoms with E-state index in [0.29, 0.717) is 52.3 Å². The van der Waals surface area contributed by atoms with Crippen molar-refractivity contribution in [2.45, 2.75) is 124 Å². The first-order valence-electron chi connectivity index (χ1n) is 21.6. The molecule has 0 saturated heterocycles. The fourth-order valence-corrected chi connectivity index (χ4v) is 6.88. The quantitative estimate of drug-likeness (QED) is 0.0203. The van der Waals surface area contributed by atoms with Gasteiger partial charge in [0.2, 0.25) is 11.8 Å². The lowest BCUT2D eigenvalue weighted by Crippen LogP contribution is -2.30. The molecular weight excluding hydrogens is 800 g/mol. The van der Waals surface area contributed by atoms with E-state index in [1.807, 2.05) is 101 Å². The third-order valence-electron chi connectivity index (χ3n) is 9.28. The van der Waals surface area contributed by atoms with E-state index in [1.54, 1.807) is 4.90 Å². The molecule has 1 heterocycles. The van der Waals surface area contributed by atoms with Crippen molar-refractivity contribution in [3.63, 3.8) is 0 Å². The highest BCUT2D eigenvalue weighted by Gasteiger charge is 2.21. The van der Waals surface area contributed by atoms with Gasteiger partial charge in [-0.05, 0) is 71.2 Å². The van der Waals surface area contributed by atoms with Crippen LogP contribution in [0.2, 0.25) is 0 Å². The molecule has 2 N–H and O–H groups in total. The number of ketones is 1. The van der Waals surface area contributed by atoms with Gasteiger partial charge in [-0.2, -0.15) is 4.67 Å². The number of amides is 2. The van der Waals surface area contributed by atoms with Crippen LogP contribution in [0.1, 0.15) is 110 Å². The van der Waals surface area contributed by atoms with Gasteiger partial charge in [0.25, 0.3) is 0 Å². The monoisotopic (exact) mass is 871 g/mol. The highest BCUT2D eigenvalue weighted by atomic mass is 31.2. The molecule has 340 valence electrons. The number of carbonyl (C=O) groups excluding carboxylic acids is 4. The number of aryl methyl sites for hydroxylation is 2. The Morgan fingerprint density at radius 2 is 1.57 bits per heavy atom. The number of rotatable bonds is 32. The molecule has 1 atom stereocenters. The van der Waals surface area contributed by atoms with Gasteiger partial charge < -0.3 is 34.1 Å². The van der Waals surface area contributed by atoms with Gasteiger partial charge in [-0.15, -0.1) is 5.10 Å². The summed E-state index contributed by atoms with van der Waals surface area (Å²) in [6.07, 6.45) is 8.47. The molecule has 61 heavy (non-hydrogen) atoms. The van der Waals surface area contributed by atoms with Crippen molar-refractivity contribution in [2.24, 2.45) is 5.92 Å². The van der Waals surface area contributed by atoms with Crippen LogP contribution in [0, 0.1) is 12.8 Å². The van der Waals surface area contributed by atoms with Crippen molar-refractivity contribution in [3.05, 3.63) is 65.9 Å². The lowest BCUT2D eigenvalue weighted by molar-refractivity contribution is -0.192. The second-order valence-electron chi connectivity index (χ2n) is 15.0. The van der Waals surface area contributed by atoms with E-state index < -0.39 is 8.60 Å². The van der Waals surface area contributed by atoms with E-state index in [-0.39, 0.29) is 42.5 Å². The summed E-state index contributed by atoms with van der Waals surface area (Å²) in [4.78, 5) is 54.0. The maximum Gasteiger partial charge on any atom is 0.363 e. The van der Waals surface area contributed by atoms with E-state index in [9.17, 15) is 19.2 Å². The second kappa shape index (κ2) is 32.7. The summed E-state index contributed by atoms with van der Waals surface area (Å²) >= 11 is 0. The highest BCUT2D eigenvalue weighted by Crippen LogP contribution is 2.41. The molecule has 0 aliphatic heterocycles. The minimum Gasteiger partial charge on any atom is -0.380 e. The number of Topliss-reactive ketones (excluding diaryl/α,β-unsaturated/α-hetero) is 1. The number of nitrogens with zero attached hydrogens (tertiary/aromatic N) is 4. The van der Waals surface area contributed by atoms with Crippen molar-refractivity contribution in [1.82, 2.24) is 25.6 Å². The topological polar surface area (TPSA) is 172 Å². The van der Waals surface area contributed by atoms with Crippen LogP contribution in [0.4, 0.5) is 5.69 Å². The molecule has 3 rings (SSSR count). The first-order valence-corrected chi connectivity index (χ1v) is 22.7. The molecule has 0 aliphatic rings. The first kappa shape index (κ1) is 53.2. The molecular formula is C45H71N6O9P. The summed E-state index contributed by atoms with van der Waals surface area (Å²) in [5.41, 5.74) is 4.43. The standard InChI is InChI=1S/C36H52N5O7P.C9H19NO2/c1-29(2)47-49(48-45-4)46-27-16-6-5-14-24-37-34(43)22-11-8-15-25-41-36(30(3)38-39-41)33-21-13-12-18-31(33)28-40(35(44)23-17-26-42)32-19-9-7-10-20-32;1-8(2)9(11)4-6-12-7-5-10-3/h7,9-10,12-13,18-21,26,29H,5-6,8,11,14-17,22-25,27-28H2,1-4H3,(H,37,43);8,10H,4-7H2,1-3H3. The van der Waals surface area contributed by atoms with Gasteiger partial charge in [-0.1, -0.05) is 80.8 Å². The Bertz CT molecular complexity index is 1660. The predicted molar refractivity (Wildman–Crippen MR) is 239 cm³/mol. The number of carbonyl (C=O) groups is 4. The summed E-state index contributed by atoms with van der Waals surface area (Å²) in [5.74, 6) is 0.383. The zero-order chi connectivity index (χ0) is 44.7. The van der Waals surface area contributed by atoms with Crippen LogP contribution < -0.4 is 15.5 Å². The van der Waals surface area contributed by atoms with Crippen LogP contribution in [0.15, 0.2) is 54.6 Å². The highest BCUT2D eigenvalue weighted by molar-refractivity contribution is 7.41. The molecule has 1 aromatic heterocycles. The van der Waals surface area contributed by atoms with E-state index >= 15 is 0 Å². The number of aromatic nitrogens is 3. The van der Waals surface area contributed by atoms with Gasteiger partial charge in [-0.25, -0.2) is 9.57 Å². The Hall–Kier alpha value is -3.95. The Balaban J connectivity index is 0.000000925. The van der Waals surface area contributed by atoms with Crippen LogP contribution in [-0.4, -0.2) is 92.0 Å². The van der Waals surface area contributed by atoms with E-state index in [2.05, 4.69) is 25.8 Å². The van der Waals surface area contributed by atoms with Gasteiger partial charge in [0.15, 0.2) is 0 Å². The van der Waals surface area contributed by atoms with Crippen LogP contribution in [-0.2, 0) is 55.6 Å². The van der Waals surface area contributed by atoms with Crippen molar-refractivity contribution in [1.29, 1.82) is 0 Å². The molecule has 0 spiro atoms. The maximum absolute atomic E-state index is 13.2. The molecule has 0 aliphatic carbocycles. The van der Waals surface area contributed by atoms with Crippen LogP contribution in [0.5, 0.6) is 0 Å². The van der Waals surface area contributed by atoms with Gasteiger partial charge in [-0.3, -0.25) is 14.4 Å². The molecule has 3 aromatic rings. The minimum atomic E-state index is -1.49. The summed E-state index contributed by atoms with van der Waals surface area (Å²) in [5, 5.41) is 14.8. The largest absolute Gasteiger partial charge is 0.380 e. The third-order valence-corrected chi connectivity index (χ3v) is 10.5. The smallest absolute Gasteiger partial charge is 0.363 e. The fourth-order valence-electron chi connectivity index (χ4n) is 6.00. The fraction of sp³-hybridized carbons (Fsp3) is 0.600. The minimum absolute atomic E-state index is 0.00593. The summed E-state index contributed by atoms with van der Waals surface area (Å²) in [6.45, 7) is 13.9. The number of unbranched alkanes of at least 4 members (excludes halogenated alkanes) is 5. The average molecular weight is 871 g/mol. The number of benzene rings is 2. The van der Waals surface area contributed by atoms with E-state index in [4.69, 9.17) is 18.5 Å². The molecule has 2 aromatic carbocycles. The molecule has 2 amide bonds. The number of nitrogens with one attached hydrogen (secondary N) is 2. The number of aldehydes is 1. The number of anilines is 1. The zero-order valence-corrected chi connectivity index (χ0v) is 38.5. The Labute approximate surface area is 364 Å². The van der Waals surface area contributed by atoms with Gasteiger partial charge in [0, 0.05) is 62.5 Å². The average Bonchev–Trinajstić information content (AvgIpc) is 3.62. The second-order valence-corrected chi connectivity index (χ2v) is 16.1. The summed E-state index contributed by atoms with van der Waals surface area (Å²) < 4.78 is 23.3. The van der Waals surface area contributed by atoms with Gasteiger partial charge in [0.1, 0.15) is 12.1 Å². The van der Waals surface area contributed by atoms with Crippen molar-refractivity contribution in [3.8, 4) is 11.3 Å². The number of likely N-dealkylation sites (N-methyl/N-ethyl adjacent to an activating group) is 1. The summed E-state index contributed by atoms with van der Waals surface area (Å²) in [7, 11) is 1.82. The number of hydrogen-bond acceptors (Lipinski definition) is 12. The van der Waals surface area contributed by atoms with Crippen molar-refractivity contribution < 1.29 is 42.5 Å². The molecule has 16 heteroatoms. The molecule has 0 bridgehead atoms. The third kappa shape index (κ3) is 22.6. The first-order chi connectivity index (χ1) is 29.5. The molecule has 0 fully saturated rings.